The molecule has 0 aliphatic carbocycles. The molecular formula is C23H25N5O3S. The number of rotatable bonds is 6. The Morgan fingerprint density at radius 1 is 1.06 bits per heavy atom. The van der Waals surface area contributed by atoms with Crippen LogP contribution in [0.4, 0.5) is 5.13 Å². The summed E-state index contributed by atoms with van der Waals surface area (Å²) >= 11 is 1.36. The summed E-state index contributed by atoms with van der Waals surface area (Å²) in [5, 5.41) is 12.4. The Hall–Kier alpha value is -3.30. The van der Waals surface area contributed by atoms with Crippen molar-refractivity contribution in [2.24, 2.45) is 0 Å². The minimum absolute atomic E-state index is 0.00528. The van der Waals surface area contributed by atoms with E-state index in [0.717, 1.165) is 21.9 Å². The Morgan fingerprint density at radius 2 is 1.81 bits per heavy atom. The molecule has 166 valence electrons. The lowest BCUT2D eigenvalue weighted by molar-refractivity contribution is -0.117. The number of ether oxygens (including phenoxy) is 1. The summed E-state index contributed by atoms with van der Waals surface area (Å²) in [7, 11) is 1.60. The number of hydrogen-bond donors (Lipinski definition) is 1. The highest BCUT2D eigenvalue weighted by Gasteiger charge is 2.23. The number of nitrogens with one attached hydrogen (secondary N) is 1. The maximum atomic E-state index is 12.7. The van der Waals surface area contributed by atoms with Crippen LogP contribution in [0.1, 0.15) is 15.9 Å². The quantitative estimate of drug-likeness (QED) is 0.620. The molecule has 3 aromatic rings. The first-order valence-corrected chi connectivity index (χ1v) is 11.2. The van der Waals surface area contributed by atoms with Gasteiger partial charge in [-0.15, -0.1) is 10.2 Å². The smallest absolute Gasteiger partial charge is 0.253 e. The lowest BCUT2D eigenvalue weighted by Gasteiger charge is -2.34. The third-order valence-corrected chi connectivity index (χ3v) is 6.19. The number of benzene rings is 2. The topological polar surface area (TPSA) is 87.7 Å². The van der Waals surface area contributed by atoms with Crippen molar-refractivity contribution < 1.29 is 14.3 Å². The van der Waals surface area contributed by atoms with E-state index in [1.54, 1.807) is 31.4 Å². The van der Waals surface area contributed by atoms with Crippen molar-refractivity contribution in [1.29, 1.82) is 0 Å². The van der Waals surface area contributed by atoms with Crippen molar-refractivity contribution in [3.05, 3.63) is 59.7 Å². The highest BCUT2D eigenvalue weighted by Crippen LogP contribution is 2.26. The lowest BCUT2D eigenvalue weighted by Crippen LogP contribution is -2.50. The van der Waals surface area contributed by atoms with Crippen LogP contribution in [0.2, 0.25) is 0 Å². The second kappa shape index (κ2) is 9.88. The number of carbonyl (C=O) groups is 2. The maximum Gasteiger partial charge on any atom is 0.253 e. The van der Waals surface area contributed by atoms with Crippen molar-refractivity contribution in [1.82, 2.24) is 20.0 Å². The number of aromatic nitrogens is 2. The van der Waals surface area contributed by atoms with Crippen molar-refractivity contribution in [3.8, 4) is 16.3 Å². The van der Waals surface area contributed by atoms with Gasteiger partial charge in [0, 0.05) is 37.3 Å². The summed E-state index contributed by atoms with van der Waals surface area (Å²) in [5.74, 6) is 0.583. The van der Waals surface area contributed by atoms with E-state index < -0.39 is 0 Å². The predicted octanol–water partition coefficient (Wildman–Crippen LogP) is 2.92. The van der Waals surface area contributed by atoms with Gasteiger partial charge < -0.3 is 9.64 Å². The first-order valence-electron chi connectivity index (χ1n) is 10.4. The first kappa shape index (κ1) is 21.9. The minimum atomic E-state index is -0.133. The van der Waals surface area contributed by atoms with Crippen molar-refractivity contribution in [2.45, 2.75) is 6.92 Å². The summed E-state index contributed by atoms with van der Waals surface area (Å²) < 4.78 is 5.14. The monoisotopic (exact) mass is 451 g/mol. The van der Waals surface area contributed by atoms with Crippen LogP contribution in [0.25, 0.3) is 10.6 Å². The zero-order valence-corrected chi connectivity index (χ0v) is 18.9. The molecule has 0 bridgehead atoms. The molecule has 1 aliphatic rings. The molecule has 9 heteroatoms. The van der Waals surface area contributed by atoms with Gasteiger partial charge in [0.2, 0.25) is 11.0 Å². The molecule has 1 aliphatic heterocycles. The lowest BCUT2D eigenvalue weighted by atomic mass is 10.1. The van der Waals surface area contributed by atoms with Gasteiger partial charge in [0.15, 0.2) is 0 Å². The molecule has 1 N–H and O–H groups in total. The Balaban J connectivity index is 1.26. The van der Waals surface area contributed by atoms with E-state index in [2.05, 4.69) is 15.5 Å². The SMILES string of the molecule is COc1ccc(C(=O)N2CCN(CC(=O)Nc3nnc(-c4cccc(C)c4)s3)CC2)cc1. The van der Waals surface area contributed by atoms with E-state index in [1.807, 2.05) is 41.0 Å². The summed E-state index contributed by atoms with van der Waals surface area (Å²) in [6.45, 7) is 4.71. The molecule has 0 spiro atoms. The molecular weight excluding hydrogens is 426 g/mol. The standard InChI is InChI=1S/C23H25N5O3S/c1-16-4-3-5-18(14-16)21-25-26-23(32-21)24-20(29)15-27-10-12-28(13-11-27)22(30)17-6-8-19(31-2)9-7-17/h3-9,14H,10-13,15H2,1-2H3,(H,24,26,29). The third kappa shape index (κ3) is 5.30. The summed E-state index contributed by atoms with van der Waals surface area (Å²) in [6.07, 6.45) is 0. The highest BCUT2D eigenvalue weighted by atomic mass is 32.1. The summed E-state index contributed by atoms with van der Waals surface area (Å²) in [6, 6.07) is 15.1. The van der Waals surface area contributed by atoms with E-state index in [-0.39, 0.29) is 18.4 Å². The van der Waals surface area contributed by atoms with Crippen LogP contribution in [0.5, 0.6) is 5.75 Å². The van der Waals surface area contributed by atoms with Gasteiger partial charge in [-0.1, -0.05) is 35.1 Å². The number of anilines is 1. The molecule has 2 aromatic carbocycles. The molecule has 2 heterocycles. The average molecular weight is 452 g/mol. The van der Waals surface area contributed by atoms with Crippen molar-refractivity contribution in [2.75, 3.05) is 45.2 Å². The van der Waals surface area contributed by atoms with Gasteiger partial charge in [-0.05, 0) is 37.3 Å². The molecule has 0 saturated carbocycles. The third-order valence-electron chi connectivity index (χ3n) is 5.30. The molecule has 4 rings (SSSR count). The molecule has 2 amide bonds. The minimum Gasteiger partial charge on any atom is -0.497 e. The van der Waals surface area contributed by atoms with E-state index in [1.165, 1.54) is 11.3 Å². The van der Waals surface area contributed by atoms with Crippen molar-refractivity contribution in [3.63, 3.8) is 0 Å². The van der Waals surface area contributed by atoms with Gasteiger partial charge in [-0.25, -0.2) is 0 Å². The highest BCUT2D eigenvalue weighted by molar-refractivity contribution is 7.18. The second-order valence-corrected chi connectivity index (χ2v) is 8.60. The van der Waals surface area contributed by atoms with Crippen LogP contribution in [0.15, 0.2) is 48.5 Å². The number of piperazine rings is 1. The molecule has 0 unspecified atom stereocenters. The Bertz CT molecular complexity index is 1090. The number of methoxy groups -OCH3 is 1. The molecule has 1 aromatic heterocycles. The van der Waals surface area contributed by atoms with Crippen LogP contribution >= 0.6 is 11.3 Å². The van der Waals surface area contributed by atoms with Crippen LogP contribution in [0, 0.1) is 6.92 Å². The first-order chi connectivity index (χ1) is 15.5. The fourth-order valence-corrected chi connectivity index (χ4v) is 4.31. The Labute approximate surface area is 190 Å². The number of amides is 2. The van der Waals surface area contributed by atoms with Crippen LogP contribution in [-0.2, 0) is 4.79 Å². The molecule has 1 fully saturated rings. The fourth-order valence-electron chi connectivity index (χ4n) is 3.56. The largest absolute Gasteiger partial charge is 0.497 e. The van der Waals surface area contributed by atoms with E-state index in [9.17, 15) is 9.59 Å². The zero-order valence-electron chi connectivity index (χ0n) is 18.1. The molecule has 32 heavy (non-hydrogen) atoms. The second-order valence-electron chi connectivity index (χ2n) is 7.63. The van der Waals surface area contributed by atoms with Crippen LogP contribution in [-0.4, -0.2) is 71.6 Å². The molecule has 0 atom stereocenters. The molecule has 1 saturated heterocycles. The van der Waals surface area contributed by atoms with Gasteiger partial charge in [-0.3, -0.25) is 19.8 Å². The average Bonchev–Trinajstić information content (AvgIpc) is 3.27. The number of nitrogens with zero attached hydrogens (tertiary/aromatic N) is 4. The predicted molar refractivity (Wildman–Crippen MR) is 124 cm³/mol. The fraction of sp³-hybridized carbons (Fsp3) is 0.304. The normalized spacial score (nSPS) is 14.2. The maximum absolute atomic E-state index is 12.7. The number of carbonyl (C=O) groups excluding carboxylic acids is 2. The summed E-state index contributed by atoms with van der Waals surface area (Å²) in [5.41, 5.74) is 2.77. The van der Waals surface area contributed by atoms with E-state index in [4.69, 9.17) is 4.74 Å². The Kier molecular flexibility index (Phi) is 6.77. The number of aryl methyl sites for hydroxylation is 1. The van der Waals surface area contributed by atoms with Gasteiger partial charge in [-0.2, -0.15) is 0 Å². The van der Waals surface area contributed by atoms with Gasteiger partial charge in [0.05, 0.1) is 13.7 Å². The van der Waals surface area contributed by atoms with Crippen LogP contribution in [0.3, 0.4) is 0 Å². The summed E-state index contributed by atoms with van der Waals surface area (Å²) in [4.78, 5) is 29.0. The van der Waals surface area contributed by atoms with Crippen molar-refractivity contribution >= 4 is 28.3 Å². The molecule has 0 radical (unpaired) electrons. The van der Waals surface area contributed by atoms with E-state index in [0.29, 0.717) is 36.9 Å². The van der Waals surface area contributed by atoms with Gasteiger partial charge in [0.1, 0.15) is 10.8 Å². The zero-order chi connectivity index (χ0) is 22.5. The Morgan fingerprint density at radius 3 is 2.50 bits per heavy atom. The molecule has 8 nitrogen and oxygen atoms in total. The van der Waals surface area contributed by atoms with Crippen LogP contribution < -0.4 is 10.1 Å². The number of hydrogen-bond acceptors (Lipinski definition) is 7. The van der Waals surface area contributed by atoms with Gasteiger partial charge in [0.25, 0.3) is 5.91 Å². The van der Waals surface area contributed by atoms with Gasteiger partial charge >= 0.3 is 0 Å². The van der Waals surface area contributed by atoms with E-state index >= 15 is 0 Å².